The Morgan fingerprint density at radius 3 is 2.79 bits per heavy atom. The first-order chi connectivity index (χ1) is 9.04. The van der Waals surface area contributed by atoms with Gasteiger partial charge in [-0.15, -0.1) is 0 Å². The lowest BCUT2D eigenvalue weighted by Crippen LogP contribution is -2.57. The molecule has 6 heteroatoms. The Bertz CT molecular complexity index is 505. The van der Waals surface area contributed by atoms with Crippen LogP contribution < -0.4 is 4.74 Å². The third-order valence-electron chi connectivity index (χ3n) is 3.05. The Labute approximate surface area is 115 Å². The molecule has 2 atom stereocenters. The van der Waals surface area contributed by atoms with Crippen LogP contribution in [0.2, 0.25) is 0 Å². The maximum atomic E-state index is 11.5. The molecule has 102 valence electrons. The topological polar surface area (TPSA) is 66.8 Å². The minimum atomic E-state index is -0.987. The summed E-state index contributed by atoms with van der Waals surface area (Å²) in [7, 11) is 1.59. The summed E-state index contributed by atoms with van der Waals surface area (Å²) in [4.78, 5) is 24.8. The van der Waals surface area contributed by atoms with E-state index in [4.69, 9.17) is 9.84 Å². The minimum absolute atomic E-state index is 0.123. The number of carboxylic acids is 1. The van der Waals surface area contributed by atoms with E-state index in [1.807, 2.05) is 24.3 Å². The predicted molar refractivity (Wildman–Crippen MR) is 71.2 cm³/mol. The van der Waals surface area contributed by atoms with Gasteiger partial charge in [0.15, 0.2) is 0 Å². The second kappa shape index (κ2) is 5.52. The first-order valence-electron chi connectivity index (χ1n) is 5.88. The van der Waals surface area contributed by atoms with Crippen LogP contribution in [0.1, 0.15) is 13.3 Å². The third-order valence-corrected chi connectivity index (χ3v) is 4.31. The molecule has 1 N–H and O–H groups in total. The fourth-order valence-electron chi connectivity index (χ4n) is 1.95. The molecule has 0 bridgehead atoms. The number of para-hydroxylation sites is 1. The lowest BCUT2D eigenvalue weighted by Gasteiger charge is -2.42. The number of likely N-dealkylation sites (tertiary alicyclic amines) is 1. The van der Waals surface area contributed by atoms with E-state index >= 15 is 0 Å². The molecule has 1 fully saturated rings. The van der Waals surface area contributed by atoms with E-state index in [0.717, 1.165) is 10.6 Å². The maximum Gasteiger partial charge on any atom is 0.326 e. The van der Waals surface area contributed by atoms with E-state index in [9.17, 15) is 9.59 Å². The maximum absolute atomic E-state index is 11.5. The number of ether oxygens (including phenoxy) is 1. The quantitative estimate of drug-likeness (QED) is 0.834. The predicted octanol–water partition coefficient (Wildman–Crippen LogP) is 1.82. The number of aliphatic carboxylic acids is 1. The van der Waals surface area contributed by atoms with Crippen molar-refractivity contribution >= 4 is 23.6 Å². The summed E-state index contributed by atoms with van der Waals surface area (Å²) < 4.78 is 5.24. The zero-order valence-electron chi connectivity index (χ0n) is 10.7. The molecule has 1 aliphatic rings. The standard InChI is InChI=1S/C13H15NO4S/c1-8(13(16)17)14-11(15)7-12(14)19-10-6-4-3-5-9(10)18-2/h3-6,8,12H,7H2,1-2H3,(H,16,17). The third kappa shape index (κ3) is 2.68. The summed E-state index contributed by atoms with van der Waals surface area (Å²) in [6.45, 7) is 1.52. The fraction of sp³-hybridized carbons (Fsp3) is 0.385. The van der Waals surface area contributed by atoms with Crippen molar-refractivity contribution < 1.29 is 19.4 Å². The van der Waals surface area contributed by atoms with Crippen molar-refractivity contribution in [2.75, 3.05) is 7.11 Å². The van der Waals surface area contributed by atoms with Gasteiger partial charge in [-0.2, -0.15) is 0 Å². The number of hydrogen-bond donors (Lipinski definition) is 1. The highest BCUT2D eigenvalue weighted by molar-refractivity contribution is 8.00. The zero-order valence-corrected chi connectivity index (χ0v) is 11.5. The number of amides is 1. The van der Waals surface area contributed by atoms with Crippen LogP contribution in [-0.4, -0.2) is 40.4 Å². The second-order valence-electron chi connectivity index (χ2n) is 4.24. The van der Waals surface area contributed by atoms with Crippen LogP contribution in [0.25, 0.3) is 0 Å². The van der Waals surface area contributed by atoms with Crippen LogP contribution in [0.3, 0.4) is 0 Å². The molecular weight excluding hydrogens is 266 g/mol. The number of β-lactam (4-membered cyclic amide) rings is 1. The van der Waals surface area contributed by atoms with Crippen LogP contribution >= 0.6 is 11.8 Å². The van der Waals surface area contributed by atoms with Crippen molar-refractivity contribution in [3.63, 3.8) is 0 Å². The highest BCUT2D eigenvalue weighted by Gasteiger charge is 2.42. The minimum Gasteiger partial charge on any atom is -0.496 e. The normalized spacial score (nSPS) is 19.8. The molecule has 19 heavy (non-hydrogen) atoms. The zero-order chi connectivity index (χ0) is 14.0. The lowest BCUT2D eigenvalue weighted by molar-refractivity contribution is -0.156. The van der Waals surface area contributed by atoms with Crippen molar-refractivity contribution in [3.05, 3.63) is 24.3 Å². The van der Waals surface area contributed by atoms with E-state index in [1.54, 1.807) is 7.11 Å². The number of nitrogens with zero attached hydrogens (tertiary/aromatic N) is 1. The largest absolute Gasteiger partial charge is 0.496 e. The van der Waals surface area contributed by atoms with Gasteiger partial charge in [0.2, 0.25) is 5.91 Å². The van der Waals surface area contributed by atoms with Gasteiger partial charge >= 0.3 is 5.97 Å². The van der Waals surface area contributed by atoms with E-state index in [0.29, 0.717) is 6.42 Å². The number of hydrogen-bond acceptors (Lipinski definition) is 4. The van der Waals surface area contributed by atoms with E-state index in [-0.39, 0.29) is 11.3 Å². The van der Waals surface area contributed by atoms with Gasteiger partial charge < -0.3 is 14.7 Å². The molecule has 0 aliphatic carbocycles. The van der Waals surface area contributed by atoms with Gasteiger partial charge in [0.05, 0.1) is 23.8 Å². The van der Waals surface area contributed by atoms with E-state index in [1.165, 1.54) is 23.6 Å². The molecule has 0 saturated carbocycles. The fourth-order valence-corrected chi connectivity index (χ4v) is 3.30. The number of carbonyl (C=O) groups excluding carboxylic acids is 1. The number of carbonyl (C=O) groups is 2. The number of thioether (sulfide) groups is 1. The molecule has 0 aromatic heterocycles. The van der Waals surface area contributed by atoms with Gasteiger partial charge in [0, 0.05) is 0 Å². The Hall–Kier alpha value is -1.69. The molecule has 2 rings (SSSR count). The highest BCUT2D eigenvalue weighted by Crippen LogP contribution is 2.40. The molecule has 1 saturated heterocycles. The summed E-state index contributed by atoms with van der Waals surface area (Å²) in [6, 6.07) is 6.69. The number of carboxylic acid groups (broad SMARTS) is 1. The van der Waals surface area contributed by atoms with Gasteiger partial charge in [-0.1, -0.05) is 23.9 Å². The Balaban J connectivity index is 2.11. The van der Waals surface area contributed by atoms with E-state index < -0.39 is 12.0 Å². The van der Waals surface area contributed by atoms with Crippen molar-refractivity contribution in [3.8, 4) is 5.75 Å². The van der Waals surface area contributed by atoms with Crippen LogP contribution in [0, 0.1) is 0 Å². The highest BCUT2D eigenvalue weighted by atomic mass is 32.2. The van der Waals surface area contributed by atoms with Crippen LogP contribution in [0.5, 0.6) is 5.75 Å². The summed E-state index contributed by atoms with van der Waals surface area (Å²) >= 11 is 1.46. The monoisotopic (exact) mass is 281 g/mol. The number of methoxy groups -OCH3 is 1. The molecule has 1 amide bonds. The molecule has 2 unspecified atom stereocenters. The molecule has 1 aliphatic heterocycles. The van der Waals surface area contributed by atoms with Gasteiger partial charge in [0.25, 0.3) is 0 Å². The molecule has 0 spiro atoms. The molecule has 1 heterocycles. The average Bonchev–Trinajstić information content (AvgIpc) is 2.38. The van der Waals surface area contributed by atoms with Gasteiger partial charge in [0.1, 0.15) is 11.8 Å². The summed E-state index contributed by atoms with van der Waals surface area (Å²) in [5.41, 5.74) is 0. The Kier molecular flexibility index (Phi) is 3.99. The van der Waals surface area contributed by atoms with Crippen LogP contribution in [0.15, 0.2) is 29.2 Å². The molecule has 0 radical (unpaired) electrons. The van der Waals surface area contributed by atoms with Crippen molar-refractivity contribution in [2.45, 2.75) is 29.7 Å². The van der Waals surface area contributed by atoms with Gasteiger partial charge in [-0.3, -0.25) is 4.79 Å². The smallest absolute Gasteiger partial charge is 0.326 e. The number of rotatable bonds is 5. The first kappa shape index (κ1) is 13.7. The lowest BCUT2D eigenvalue weighted by atomic mass is 10.1. The van der Waals surface area contributed by atoms with Crippen molar-refractivity contribution in [1.29, 1.82) is 0 Å². The van der Waals surface area contributed by atoms with E-state index in [2.05, 4.69) is 0 Å². The van der Waals surface area contributed by atoms with Gasteiger partial charge in [-0.25, -0.2) is 4.79 Å². The molecular formula is C13H15NO4S. The summed E-state index contributed by atoms with van der Waals surface area (Å²) in [5, 5.41) is 8.85. The van der Waals surface area contributed by atoms with Gasteiger partial charge in [-0.05, 0) is 19.1 Å². The average molecular weight is 281 g/mol. The van der Waals surface area contributed by atoms with Crippen molar-refractivity contribution in [2.24, 2.45) is 0 Å². The molecule has 5 nitrogen and oxygen atoms in total. The summed E-state index contributed by atoms with van der Waals surface area (Å²) in [6.07, 6.45) is 0.361. The van der Waals surface area contributed by atoms with Crippen molar-refractivity contribution in [1.82, 2.24) is 4.90 Å². The first-order valence-corrected chi connectivity index (χ1v) is 6.76. The second-order valence-corrected chi connectivity index (χ2v) is 5.46. The Morgan fingerprint density at radius 2 is 2.21 bits per heavy atom. The number of benzene rings is 1. The van der Waals surface area contributed by atoms with Crippen LogP contribution in [-0.2, 0) is 9.59 Å². The SMILES string of the molecule is COc1ccccc1SC1CC(=O)N1C(C)C(=O)O. The molecule has 1 aromatic rings. The summed E-state index contributed by atoms with van der Waals surface area (Å²) in [5.74, 6) is -0.379. The van der Waals surface area contributed by atoms with Crippen LogP contribution in [0.4, 0.5) is 0 Å². The molecule has 1 aromatic carbocycles. The Morgan fingerprint density at radius 1 is 1.53 bits per heavy atom.